The van der Waals surface area contributed by atoms with Crippen LogP contribution in [0.3, 0.4) is 0 Å². The van der Waals surface area contributed by atoms with Crippen LogP contribution in [0.15, 0.2) is 12.7 Å². The van der Waals surface area contributed by atoms with Gasteiger partial charge in [-0.25, -0.2) is 0 Å². The van der Waals surface area contributed by atoms with Crippen LogP contribution in [0.4, 0.5) is 0 Å². The summed E-state index contributed by atoms with van der Waals surface area (Å²) in [4.78, 5) is 2.68. The number of hydrogen-bond acceptors (Lipinski definition) is 2. The Labute approximate surface area is 101 Å². The molecule has 0 aromatic rings. The van der Waals surface area contributed by atoms with Crippen LogP contribution in [0.25, 0.3) is 0 Å². The molecule has 16 heavy (non-hydrogen) atoms. The zero-order chi connectivity index (χ0) is 12.0. The van der Waals surface area contributed by atoms with Gasteiger partial charge in [-0.1, -0.05) is 13.0 Å². The van der Waals surface area contributed by atoms with Gasteiger partial charge in [0.1, 0.15) is 0 Å². The van der Waals surface area contributed by atoms with Crippen LogP contribution >= 0.6 is 0 Å². The number of nitrogens with zero attached hydrogens (tertiary/aromatic N) is 1. The molecule has 0 spiro atoms. The maximum absolute atomic E-state index is 3.83. The fraction of sp³-hybridized carbons (Fsp3) is 0.857. The molecular weight excluding hydrogens is 196 g/mol. The lowest BCUT2D eigenvalue weighted by Crippen LogP contribution is -2.57. The second-order valence-corrected chi connectivity index (χ2v) is 5.11. The third-order valence-electron chi connectivity index (χ3n) is 4.30. The van der Waals surface area contributed by atoms with Crippen molar-refractivity contribution in [3.05, 3.63) is 12.7 Å². The van der Waals surface area contributed by atoms with E-state index in [4.69, 9.17) is 0 Å². The van der Waals surface area contributed by atoms with Gasteiger partial charge in [0, 0.05) is 11.6 Å². The van der Waals surface area contributed by atoms with Crippen molar-refractivity contribution in [2.45, 2.75) is 57.5 Å². The molecule has 2 nitrogen and oxygen atoms in total. The van der Waals surface area contributed by atoms with E-state index in [0.717, 1.165) is 6.42 Å². The highest BCUT2D eigenvalue weighted by Gasteiger charge is 2.37. The maximum Gasteiger partial charge on any atom is 0.0331 e. The average molecular weight is 224 g/mol. The summed E-state index contributed by atoms with van der Waals surface area (Å²) in [5.41, 5.74) is 0.314. The van der Waals surface area contributed by atoms with Crippen LogP contribution < -0.4 is 5.32 Å². The Morgan fingerprint density at radius 1 is 1.44 bits per heavy atom. The van der Waals surface area contributed by atoms with E-state index < -0.39 is 0 Å². The molecule has 94 valence electrons. The van der Waals surface area contributed by atoms with Crippen LogP contribution in [-0.2, 0) is 0 Å². The van der Waals surface area contributed by atoms with Gasteiger partial charge in [-0.2, -0.15) is 0 Å². The molecule has 1 rings (SSSR count). The van der Waals surface area contributed by atoms with E-state index in [1.807, 2.05) is 6.08 Å². The monoisotopic (exact) mass is 224 g/mol. The Morgan fingerprint density at radius 2 is 2.06 bits per heavy atom. The first-order valence-electron chi connectivity index (χ1n) is 6.72. The van der Waals surface area contributed by atoms with Crippen molar-refractivity contribution in [3.8, 4) is 0 Å². The second kappa shape index (κ2) is 6.41. The number of hydrogen-bond donors (Lipinski definition) is 1. The second-order valence-electron chi connectivity index (χ2n) is 5.11. The zero-order valence-corrected chi connectivity index (χ0v) is 11.3. The SMILES string of the molecule is C=CCCC(NC)C(C)(CC)N1CCCC1. The predicted molar refractivity (Wildman–Crippen MR) is 71.8 cm³/mol. The van der Waals surface area contributed by atoms with Crippen molar-refractivity contribution in [2.24, 2.45) is 0 Å². The predicted octanol–water partition coefficient (Wildman–Crippen LogP) is 2.81. The molecule has 0 saturated carbocycles. The molecular formula is C14H28N2. The van der Waals surface area contributed by atoms with Crippen molar-refractivity contribution in [1.82, 2.24) is 10.2 Å². The van der Waals surface area contributed by atoms with Gasteiger partial charge in [0.15, 0.2) is 0 Å². The van der Waals surface area contributed by atoms with E-state index in [-0.39, 0.29) is 0 Å². The van der Waals surface area contributed by atoms with Crippen LogP contribution in [-0.4, -0.2) is 36.6 Å². The highest BCUT2D eigenvalue weighted by molar-refractivity contribution is 4.97. The Kier molecular flexibility index (Phi) is 5.50. The molecule has 0 aromatic heterocycles. The maximum atomic E-state index is 3.83. The summed E-state index contributed by atoms with van der Waals surface area (Å²) in [7, 11) is 2.09. The van der Waals surface area contributed by atoms with Gasteiger partial charge in [0.2, 0.25) is 0 Å². The molecule has 0 radical (unpaired) electrons. The van der Waals surface area contributed by atoms with Crippen molar-refractivity contribution in [3.63, 3.8) is 0 Å². The molecule has 0 aromatic carbocycles. The van der Waals surface area contributed by atoms with Crippen LogP contribution in [0, 0.1) is 0 Å². The van der Waals surface area contributed by atoms with Gasteiger partial charge < -0.3 is 5.32 Å². The molecule has 1 aliphatic rings. The molecule has 0 aliphatic carbocycles. The first-order chi connectivity index (χ1) is 7.69. The van der Waals surface area contributed by atoms with E-state index in [2.05, 4.69) is 37.7 Å². The standard InChI is InChI=1S/C14H28N2/c1-5-7-10-13(15-4)14(3,6-2)16-11-8-9-12-16/h5,13,15H,1,6-12H2,2-4H3. The topological polar surface area (TPSA) is 15.3 Å². The van der Waals surface area contributed by atoms with E-state index in [0.29, 0.717) is 11.6 Å². The van der Waals surface area contributed by atoms with Gasteiger partial charge in [-0.3, -0.25) is 4.90 Å². The van der Waals surface area contributed by atoms with Crippen LogP contribution in [0.5, 0.6) is 0 Å². The highest BCUT2D eigenvalue weighted by atomic mass is 15.2. The third kappa shape index (κ3) is 2.86. The molecule has 2 atom stereocenters. The van der Waals surface area contributed by atoms with E-state index in [9.17, 15) is 0 Å². The zero-order valence-electron chi connectivity index (χ0n) is 11.3. The molecule has 1 N–H and O–H groups in total. The summed E-state index contributed by atoms with van der Waals surface area (Å²) < 4.78 is 0. The van der Waals surface area contributed by atoms with Crippen LogP contribution in [0.2, 0.25) is 0 Å². The van der Waals surface area contributed by atoms with Crippen molar-refractivity contribution >= 4 is 0 Å². The first-order valence-corrected chi connectivity index (χ1v) is 6.72. The molecule has 1 fully saturated rings. The minimum absolute atomic E-state index is 0.314. The fourth-order valence-corrected chi connectivity index (χ4v) is 2.97. The molecule has 0 bridgehead atoms. The lowest BCUT2D eigenvalue weighted by Gasteiger charge is -2.44. The number of rotatable bonds is 7. The molecule has 1 heterocycles. The Hall–Kier alpha value is -0.340. The van der Waals surface area contributed by atoms with Gasteiger partial charge >= 0.3 is 0 Å². The quantitative estimate of drug-likeness (QED) is 0.669. The Balaban J connectivity index is 2.69. The Morgan fingerprint density at radius 3 is 2.50 bits per heavy atom. The molecule has 1 saturated heterocycles. The number of likely N-dealkylation sites (tertiary alicyclic amines) is 1. The van der Waals surface area contributed by atoms with Crippen molar-refractivity contribution in [1.29, 1.82) is 0 Å². The summed E-state index contributed by atoms with van der Waals surface area (Å²) in [5.74, 6) is 0. The Bertz CT molecular complexity index is 209. The van der Waals surface area contributed by atoms with E-state index >= 15 is 0 Å². The normalized spacial score (nSPS) is 22.9. The number of likely N-dealkylation sites (N-methyl/N-ethyl adjacent to an activating group) is 1. The first kappa shape index (κ1) is 13.7. The summed E-state index contributed by atoms with van der Waals surface area (Å²) in [6, 6.07) is 0.577. The third-order valence-corrected chi connectivity index (χ3v) is 4.30. The molecule has 2 heteroatoms. The van der Waals surface area contributed by atoms with E-state index in [1.165, 1.54) is 38.8 Å². The van der Waals surface area contributed by atoms with Gasteiger partial charge in [-0.05, 0) is 59.2 Å². The highest BCUT2D eigenvalue weighted by Crippen LogP contribution is 2.29. The minimum atomic E-state index is 0.314. The lowest BCUT2D eigenvalue weighted by molar-refractivity contribution is 0.0840. The van der Waals surface area contributed by atoms with Crippen molar-refractivity contribution in [2.75, 3.05) is 20.1 Å². The minimum Gasteiger partial charge on any atom is -0.315 e. The summed E-state index contributed by atoms with van der Waals surface area (Å²) in [5, 5.41) is 3.52. The summed E-state index contributed by atoms with van der Waals surface area (Å²) >= 11 is 0. The number of nitrogens with one attached hydrogen (secondary N) is 1. The molecule has 2 unspecified atom stereocenters. The van der Waals surface area contributed by atoms with Crippen molar-refractivity contribution < 1.29 is 0 Å². The molecule has 1 aliphatic heterocycles. The average Bonchev–Trinajstić information content (AvgIpc) is 2.83. The van der Waals surface area contributed by atoms with Gasteiger partial charge in [-0.15, -0.1) is 6.58 Å². The summed E-state index contributed by atoms with van der Waals surface area (Å²) in [6.45, 7) is 11.1. The van der Waals surface area contributed by atoms with Gasteiger partial charge in [0.05, 0.1) is 0 Å². The fourth-order valence-electron chi connectivity index (χ4n) is 2.97. The van der Waals surface area contributed by atoms with Crippen LogP contribution in [0.1, 0.15) is 46.0 Å². The largest absolute Gasteiger partial charge is 0.315 e. The number of allylic oxidation sites excluding steroid dienone is 1. The molecule has 0 amide bonds. The smallest absolute Gasteiger partial charge is 0.0331 e. The van der Waals surface area contributed by atoms with Gasteiger partial charge in [0.25, 0.3) is 0 Å². The summed E-state index contributed by atoms with van der Waals surface area (Å²) in [6.07, 6.45) is 8.29. The van der Waals surface area contributed by atoms with E-state index in [1.54, 1.807) is 0 Å². The lowest BCUT2D eigenvalue weighted by atomic mass is 9.84.